The van der Waals surface area contributed by atoms with Crippen molar-refractivity contribution in [3.63, 3.8) is 0 Å². The van der Waals surface area contributed by atoms with Gasteiger partial charge in [0.2, 0.25) is 0 Å². The van der Waals surface area contributed by atoms with Crippen LogP contribution in [-0.4, -0.2) is 24.0 Å². The Morgan fingerprint density at radius 3 is 2.82 bits per heavy atom. The fourth-order valence-corrected chi connectivity index (χ4v) is 2.99. The van der Waals surface area contributed by atoms with Crippen LogP contribution >= 0.6 is 12.4 Å². The number of likely N-dealkylation sites (tertiary alicyclic amines) is 1. The van der Waals surface area contributed by atoms with E-state index in [4.69, 9.17) is 5.73 Å². The Morgan fingerprint density at radius 1 is 1.24 bits per heavy atom. The van der Waals surface area contributed by atoms with Gasteiger partial charge >= 0.3 is 0 Å². The Balaban J connectivity index is 0.00000108. The summed E-state index contributed by atoms with van der Waals surface area (Å²) in [7, 11) is 0. The second-order valence-electron chi connectivity index (χ2n) is 5.24. The Labute approximate surface area is 110 Å². The van der Waals surface area contributed by atoms with Gasteiger partial charge in [-0.15, -0.1) is 12.4 Å². The lowest BCUT2D eigenvalue weighted by Crippen LogP contribution is -2.26. The van der Waals surface area contributed by atoms with Crippen molar-refractivity contribution in [3.05, 3.63) is 34.9 Å². The molecule has 1 aromatic carbocycles. The standard InChI is InChI=1S/C14H20N2.ClH/c15-14-6-7-16(10-14)9-11-4-5-12-2-1-3-13(12)8-11;/h4-5,8,14H,1-3,6-7,9-10,15H2;1H/t14-;/m1./s1. The fourth-order valence-electron chi connectivity index (χ4n) is 2.99. The van der Waals surface area contributed by atoms with E-state index in [0.29, 0.717) is 6.04 Å². The molecule has 0 radical (unpaired) electrons. The summed E-state index contributed by atoms with van der Waals surface area (Å²) < 4.78 is 0. The summed E-state index contributed by atoms with van der Waals surface area (Å²) in [6.45, 7) is 3.32. The van der Waals surface area contributed by atoms with Crippen LogP contribution in [0.3, 0.4) is 0 Å². The minimum Gasteiger partial charge on any atom is -0.326 e. The Hall–Kier alpha value is -0.570. The third kappa shape index (κ3) is 2.82. The van der Waals surface area contributed by atoms with Gasteiger partial charge in [0.05, 0.1) is 0 Å². The molecule has 2 nitrogen and oxygen atoms in total. The molecule has 2 N–H and O–H groups in total. The topological polar surface area (TPSA) is 29.3 Å². The molecule has 3 heteroatoms. The average Bonchev–Trinajstić information content (AvgIpc) is 2.87. The van der Waals surface area contributed by atoms with E-state index in [1.807, 2.05) is 0 Å². The maximum absolute atomic E-state index is 5.93. The molecule has 1 atom stereocenters. The lowest BCUT2D eigenvalue weighted by atomic mass is 10.1. The SMILES string of the molecule is Cl.N[C@@H]1CCN(Cc2ccc3c(c2)CCC3)C1. The largest absolute Gasteiger partial charge is 0.326 e. The highest BCUT2D eigenvalue weighted by molar-refractivity contribution is 5.85. The van der Waals surface area contributed by atoms with Crippen molar-refractivity contribution >= 4 is 12.4 Å². The van der Waals surface area contributed by atoms with Crippen molar-refractivity contribution in [2.45, 2.75) is 38.3 Å². The Bertz CT molecular complexity index is 392. The number of aryl methyl sites for hydroxylation is 2. The van der Waals surface area contributed by atoms with Crippen molar-refractivity contribution in [1.29, 1.82) is 0 Å². The minimum atomic E-state index is 0. The molecule has 17 heavy (non-hydrogen) atoms. The third-order valence-corrected chi connectivity index (χ3v) is 3.88. The van der Waals surface area contributed by atoms with Gasteiger partial charge in [-0.25, -0.2) is 0 Å². The lowest BCUT2D eigenvalue weighted by Gasteiger charge is -2.15. The van der Waals surface area contributed by atoms with Crippen LogP contribution in [0.2, 0.25) is 0 Å². The number of benzene rings is 1. The lowest BCUT2D eigenvalue weighted by molar-refractivity contribution is 0.327. The molecule has 0 spiro atoms. The normalized spacial score (nSPS) is 23.5. The maximum Gasteiger partial charge on any atom is 0.0234 e. The number of hydrogen-bond donors (Lipinski definition) is 1. The first kappa shape index (κ1) is 12.9. The van der Waals surface area contributed by atoms with E-state index in [1.54, 1.807) is 11.1 Å². The van der Waals surface area contributed by atoms with Gasteiger partial charge in [0, 0.05) is 25.7 Å². The zero-order valence-electron chi connectivity index (χ0n) is 10.2. The summed E-state index contributed by atoms with van der Waals surface area (Å²) in [5.74, 6) is 0. The van der Waals surface area contributed by atoms with Gasteiger partial charge in [-0.05, 0) is 42.4 Å². The first-order valence-corrected chi connectivity index (χ1v) is 6.40. The number of rotatable bonds is 2. The van der Waals surface area contributed by atoms with Gasteiger partial charge < -0.3 is 5.73 Å². The van der Waals surface area contributed by atoms with E-state index >= 15 is 0 Å². The van der Waals surface area contributed by atoms with Crippen molar-refractivity contribution in [2.75, 3.05) is 13.1 Å². The van der Waals surface area contributed by atoms with E-state index in [2.05, 4.69) is 23.1 Å². The summed E-state index contributed by atoms with van der Waals surface area (Å²) >= 11 is 0. The van der Waals surface area contributed by atoms with Crippen molar-refractivity contribution < 1.29 is 0 Å². The smallest absolute Gasteiger partial charge is 0.0234 e. The zero-order chi connectivity index (χ0) is 11.0. The number of halogens is 1. The van der Waals surface area contributed by atoms with Crippen LogP contribution in [0.25, 0.3) is 0 Å². The summed E-state index contributed by atoms with van der Waals surface area (Å²) in [6, 6.07) is 7.43. The third-order valence-electron chi connectivity index (χ3n) is 3.88. The molecule has 0 aromatic heterocycles. The van der Waals surface area contributed by atoms with E-state index < -0.39 is 0 Å². The Kier molecular flexibility index (Phi) is 4.08. The minimum absolute atomic E-state index is 0. The van der Waals surface area contributed by atoms with Crippen LogP contribution in [0, 0.1) is 0 Å². The highest BCUT2D eigenvalue weighted by Crippen LogP contribution is 2.23. The molecule has 94 valence electrons. The fraction of sp³-hybridized carbons (Fsp3) is 0.571. The number of nitrogens with two attached hydrogens (primary N) is 1. The first-order chi connectivity index (χ1) is 7.81. The molecular weight excluding hydrogens is 232 g/mol. The molecule has 0 amide bonds. The number of fused-ring (bicyclic) bond motifs is 1. The molecule has 1 aliphatic carbocycles. The zero-order valence-corrected chi connectivity index (χ0v) is 11.0. The van der Waals surface area contributed by atoms with Crippen LogP contribution in [0.4, 0.5) is 0 Å². The molecule has 3 rings (SSSR count). The van der Waals surface area contributed by atoms with E-state index in [9.17, 15) is 0 Å². The maximum atomic E-state index is 5.93. The molecular formula is C14H21ClN2. The van der Waals surface area contributed by atoms with E-state index in [0.717, 1.165) is 26.1 Å². The quantitative estimate of drug-likeness (QED) is 0.874. The molecule has 0 unspecified atom stereocenters. The second-order valence-corrected chi connectivity index (χ2v) is 5.24. The molecule has 1 aromatic rings. The van der Waals surface area contributed by atoms with Crippen LogP contribution in [0.1, 0.15) is 29.5 Å². The van der Waals surface area contributed by atoms with Crippen LogP contribution in [-0.2, 0) is 19.4 Å². The summed E-state index contributed by atoms with van der Waals surface area (Å²) in [6.07, 6.45) is 5.06. The average molecular weight is 253 g/mol. The monoisotopic (exact) mass is 252 g/mol. The summed E-state index contributed by atoms with van der Waals surface area (Å²) in [5, 5.41) is 0. The van der Waals surface area contributed by atoms with Gasteiger partial charge in [-0.1, -0.05) is 18.2 Å². The van der Waals surface area contributed by atoms with E-state index in [-0.39, 0.29) is 12.4 Å². The van der Waals surface area contributed by atoms with Gasteiger partial charge in [0.25, 0.3) is 0 Å². The molecule has 1 aliphatic heterocycles. The van der Waals surface area contributed by atoms with Crippen LogP contribution < -0.4 is 5.73 Å². The summed E-state index contributed by atoms with van der Waals surface area (Å²) in [5.41, 5.74) is 10.6. The van der Waals surface area contributed by atoms with Gasteiger partial charge in [0.15, 0.2) is 0 Å². The second kappa shape index (κ2) is 5.38. The predicted octanol–water partition coefficient (Wildman–Crippen LogP) is 2.13. The molecule has 0 saturated carbocycles. The van der Waals surface area contributed by atoms with Crippen LogP contribution in [0.5, 0.6) is 0 Å². The van der Waals surface area contributed by atoms with E-state index in [1.165, 1.54) is 24.8 Å². The van der Waals surface area contributed by atoms with Gasteiger partial charge in [0.1, 0.15) is 0 Å². The number of nitrogens with zero attached hydrogens (tertiary/aromatic N) is 1. The van der Waals surface area contributed by atoms with Gasteiger partial charge in [-0.3, -0.25) is 4.90 Å². The molecule has 1 fully saturated rings. The summed E-state index contributed by atoms with van der Waals surface area (Å²) in [4.78, 5) is 2.47. The van der Waals surface area contributed by atoms with Crippen molar-refractivity contribution in [2.24, 2.45) is 5.73 Å². The first-order valence-electron chi connectivity index (χ1n) is 6.40. The highest BCUT2D eigenvalue weighted by Gasteiger charge is 2.19. The van der Waals surface area contributed by atoms with Crippen molar-refractivity contribution in [1.82, 2.24) is 4.90 Å². The van der Waals surface area contributed by atoms with Gasteiger partial charge in [-0.2, -0.15) is 0 Å². The highest BCUT2D eigenvalue weighted by atomic mass is 35.5. The predicted molar refractivity (Wildman–Crippen MR) is 73.6 cm³/mol. The molecule has 0 bridgehead atoms. The van der Waals surface area contributed by atoms with Crippen molar-refractivity contribution in [3.8, 4) is 0 Å². The Morgan fingerprint density at radius 2 is 2.06 bits per heavy atom. The molecule has 1 heterocycles. The molecule has 2 aliphatic rings. The van der Waals surface area contributed by atoms with Crippen LogP contribution in [0.15, 0.2) is 18.2 Å². The number of hydrogen-bond acceptors (Lipinski definition) is 2. The molecule has 1 saturated heterocycles.